The highest BCUT2D eigenvalue weighted by Gasteiger charge is 1.99. The molecule has 78 valence electrons. The van der Waals surface area contributed by atoms with Crippen LogP contribution in [-0.4, -0.2) is 44.8 Å². The van der Waals surface area contributed by atoms with Gasteiger partial charge < -0.3 is 18.8 Å². The van der Waals surface area contributed by atoms with Crippen LogP contribution in [-0.2, 0) is 13.6 Å². The van der Waals surface area contributed by atoms with E-state index in [1.54, 1.807) is 0 Å². The van der Waals surface area contributed by atoms with E-state index in [1.165, 1.54) is 14.2 Å². The number of rotatable bonds is 2. The lowest BCUT2D eigenvalue weighted by Gasteiger charge is -2.10. The predicted molar refractivity (Wildman–Crippen MR) is 52.6 cm³/mol. The van der Waals surface area contributed by atoms with Crippen LogP contribution in [0.15, 0.2) is 12.4 Å². The van der Waals surface area contributed by atoms with Crippen molar-refractivity contribution in [2.45, 2.75) is 0 Å². The minimum Gasteiger partial charge on any atom is -0.362 e. The van der Waals surface area contributed by atoms with E-state index >= 15 is 0 Å². The quantitative estimate of drug-likeness (QED) is 0.632. The first-order valence-electron chi connectivity index (χ1n) is 3.81. The summed E-state index contributed by atoms with van der Waals surface area (Å²) in [5.74, 6) is 0. The molecule has 1 heterocycles. The van der Waals surface area contributed by atoms with Crippen molar-refractivity contribution in [2.75, 3.05) is 35.0 Å². The number of nitrogens with zero attached hydrogens (tertiary/aromatic N) is 2. The van der Waals surface area contributed by atoms with Crippen molar-refractivity contribution in [2.24, 2.45) is 0 Å². The van der Waals surface area contributed by atoms with Gasteiger partial charge in [0.25, 0.3) is 0 Å². The molecular formula is C7H17N2O3P. The minimum atomic E-state index is -2.12. The average Bonchev–Trinajstić information content (AvgIpc) is 2.49. The van der Waals surface area contributed by atoms with E-state index in [2.05, 4.69) is 45.3 Å². The molecule has 0 spiro atoms. The number of hydrogen-bond donors (Lipinski definition) is 0. The summed E-state index contributed by atoms with van der Waals surface area (Å²) in [6.45, 7) is 1.03. The number of hydrogen-bond acceptors (Lipinski definition) is 5. The maximum Gasteiger partial charge on any atom is 0.318 e. The fraction of sp³-hybridized carbons (Fsp3) is 0.714. The molecule has 0 aromatic rings. The van der Waals surface area contributed by atoms with Crippen LogP contribution in [0.1, 0.15) is 0 Å². The first-order chi connectivity index (χ1) is 6.10. The smallest absolute Gasteiger partial charge is 0.318 e. The largest absolute Gasteiger partial charge is 0.362 e. The first kappa shape index (κ1) is 12.5. The van der Waals surface area contributed by atoms with Gasteiger partial charge in [0.15, 0.2) is 0 Å². The van der Waals surface area contributed by atoms with Crippen molar-refractivity contribution in [1.82, 2.24) is 9.80 Å². The van der Waals surface area contributed by atoms with Crippen molar-refractivity contribution in [3.05, 3.63) is 12.4 Å². The molecule has 0 bridgehead atoms. The van der Waals surface area contributed by atoms with Crippen molar-refractivity contribution in [3.8, 4) is 0 Å². The molecule has 0 atom stereocenters. The molecule has 0 aromatic carbocycles. The second kappa shape index (κ2) is 6.95. The van der Waals surface area contributed by atoms with Crippen LogP contribution < -0.4 is 0 Å². The van der Waals surface area contributed by atoms with Gasteiger partial charge in [0.2, 0.25) is 0 Å². The van der Waals surface area contributed by atoms with E-state index in [0.29, 0.717) is 0 Å². The molecule has 1 aliphatic rings. The first-order valence-corrected chi connectivity index (χ1v) is 5.03. The molecule has 1 aliphatic heterocycles. The van der Waals surface area contributed by atoms with Crippen LogP contribution in [0.25, 0.3) is 0 Å². The summed E-state index contributed by atoms with van der Waals surface area (Å²) in [4.78, 5) is 4.25. The van der Waals surface area contributed by atoms with Gasteiger partial charge in [-0.05, 0) is 0 Å². The van der Waals surface area contributed by atoms with Crippen molar-refractivity contribution in [1.29, 1.82) is 0 Å². The lowest BCUT2D eigenvalue weighted by molar-refractivity contribution is 0.302. The average molecular weight is 208 g/mol. The Bertz CT molecular complexity index is 171. The normalized spacial score (nSPS) is 14.8. The second-order valence-corrected chi connectivity index (χ2v) is 3.93. The van der Waals surface area contributed by atoms with E-state index in [-0.39, 0.29) is 0 Å². The summed E-state index contributed by atoms with van der Waals surface area (Å²) >= 11 is 0. The molecule has 0 N–H and O–H groups in total. The van der Waals surface area contributed by atoms with Gasteiger partial charge in [-0.25, -0.2) is 0 Å². The molecule has 0 aromatic heterocycles. The van der Waals surface area contributed by atoms with Crippen LogP contribution >= 0.6 is 8.25 Å². The van der Waals surface area contributed by atoms with Gasteiger partial charge in [0.05, 0.1) is 6.67 Å². The molecule has 0 radical (unpaired) electrons. The van der Waals surface area contributed by atoms with Crippen molar-refractivity contribution < 1.29 is 13.6 Å². The maximum atomic E-state index is 9.92. The minimum absolute atomic E-state index is 1.03. The zero-order valence-electron chi connectivity index (χ0n) is 8.48. The molecule has 0 saturated heterocycles. The summed E-state index contributed by atoms with van der Waals surface area (Å²) in [5, 5.41) is 0. The Morgan fingerprint density at radius 2 is 1.54 bits per heavy atom. The third-order valence-electron chi connectivity index (χ3n) is 1.36. The van der Waals surface area contributed by atoms with Crippen LogP contribution in [0.3, 0.4) is 0 Å². The molecule has 5 nitrogen and oxygen atoms in total. The van der Waals surface area contributed by atoms with Gasteiger partial charge in [-0.3, -0.25) is 4.57 Å². The van der Waals surface area contributed by atoms with E-state index < -0.39 is 8.25 Å². The predicted octanol–water partition coefficient (Wildman–Crippen LogP) is 0.961. The molecule has 6 heteroatoms. The van der Waals surface area contributed by atoms with Gasteiger partial charge in [-0.15, -0.1) is 0 Å². The fourth-order valence-corrected chi connectivity index (χ4v) is 0.924. The van der Waals surface area contributed by atoms with Crippen molar-refractivity contribution in [3.63, 3.8) is 0 Å². The Morgan fingerprint density at radius 1 is 1.15 bits per heavy atom. The summed E-state index contributed by atoms with van der Waals surface area (Å²) in [6, 6.07) is 0. The van der Waals surface area contributed by atoms with E-state index in [1.807, 2.05) is 0 Å². The maximum absolute atomic E-state index is 9.92. The van der Waals surface area contributed by atoms with Gasteiger partial charge in [0.1, 0.15) is 0 Å². The molecule has 0 amide bonds. The highest BCUT2D eigenvalue weighted by atomic mass is 31.1. The third kappa shape index (κ3) is 6.63. The Morgan fingerprint density at radius 3 is 1.62 bits per heavy atom. The zero-order chi connectivity index (χ0) is 10.3. The lowest BCUT2D eigenvalue weighted by atomic mass is 10.9. The molecule has 0 unspecified atom stereocenters. The summed E-state index contributed by atoms with van der Waals surface area (Å²) in [5.41, 5.74) is 0. The Labute approximate surface area is 79.9 Å². The second-order valence-electron chi connectivity index (χ2n) is 2.61. The van der Waals surface area contributed by atoms with E-state index in [0.717, 1.165) is 6.67 Å². The highest BCUT2D eigenvalue weighted by Crippen LogP contribution is 2.18. The van der Waals surface area contributed by atoms with Crippen LogP contribution in [0.4, 0.5) is 0 Å². The molecule has 0 saturated carbocycles. The van der Waals surface area contributed by atoms with Gasteiger partial charge >= 0.3 is 8.25 Å². The Hall–Kier alpha value is -0.510. The van der Waals surface area contributed by atoms with Gasteiger partial charge in [0, 0.05) is 40.7 Å². The summed E-state index contributed by atoms with van der Waals surface area (Å²) < 4.78 is 18.4. The molecular weight excluding hydrogens is 191 g/mol. The van der Waals surface area contributed by atoms with Crippen LogP contribution in [0.2, 0.25) is 0 Å². The molecule has 0 fully saturated rings. The topological polar surface area (TPSA) is 42.0 Å². The Kier molecular flexibility index (Phi) is 6.68. The van der Waals surface area contributed by atoms with Crippen molar-refractivity contribution >= 4 is 8.25 Å². The summed E-state index contributed by atoms with van der Waals surface area (Å²) in [7, 11) is 4.67. The van der Waals surface area contributed by atoms with Gasteiger partial charge in [-0.1, -0.05) is 0 Å². The van der Waals surface area contributed by atoms with Crippen LogP contribution in [0, 0.1) is 0 Å². The molecule has 0 aliphatic carbocycles. The highest BCUT2D eigenvalue weighted by molar-refractivity contribution is 7.33. The lowest BCUT2D eigenvalue weighted by Crippen LogP contribution is -2.17. The summed E-state index contributed by atoms with van der Waals surface area (Å²) in [6.07, 6.45) is 4.11. The van der Waals surface area contributed by atoms with Crippen LogP contribution in [0.5, 0.6) is 0 Å². The standard InChI is InChI=1S/C5H10N2.C2H7O3P/c1-6-3-4-7(2)5-6;1-4-6(3)5-2/h3-4H,5H2,1-2H3;6H,1-2H3. The monoisotopic (exact) mass is 208 g/mol. The molecule has 13 heavy (non-hydrogen) atoms. The van der Waals surface area contributed by atoms with Gasteiger partial charge in [-0.2, -0.15) is 0 Å². The SMILES string of the molecule is CN1C=CN(C)C1.CO[PH](=O)OC. The Balaban J connectivity index is 0.000000226. The van der Waals surface area contributed by atoms with E-state index in [4.69, 9.17) is 0 Å². The fourth-order valence-electron chi connectivity index (χ4n) is 0.757. The molecule has 1 rings (SSSR count). The third-order valence-corrected chi connectivity index (χ3v) is 2.02. The van der Waals surface area contributed by atoms with E-state index in [9.17, 15) is 4.57 Å². The zero-order valence-corrected chi connectivity index (χ0v) is 9.48.